The van der Waals surface area contributed by atoms with E-state index in [1.165, 1.54) is 12.8 Å². The molecular weight excluding hydrogens is 148 g/mol. The predicted octanol–water partition coefficient (Wildman–Crippen LogP) is 2.43. The van der Waals surface area contributed by atoms with Crippen molar-refractivity contribution in [3.05, 3.63) is 0 Å². The van der Waals surface area contributed by atoms with Crippen molar-refractivity contribution < 1.29 is 4.74 Å². The summed E-state index contributed by atoms with van der Waals surface area (Å²) in [6, 6.07) is 0. The van der Waals surface area contributed by atoms with E-state index in [4.69, 9.17) is 16.3 Å². The molecule has 0 bridgehead atoms. The molecule has 0 N–H and O–H groups in total. The zero-order valence-electron chi connectivity index (χ0n) is 6.48. The molecule has 0 aromatic rings. The molecule has 0 amide bonds. The summed E-state index contributed by atoms with van der Waals surface area (Å²) in [6.07, 6.45) is 3.61. The Morgan fingerprint density at radius 1 is 1.70 bits per heavy atom. The van der Waals surface area contributed by atoms with Gasteiger partial charge in [0.15, 0.2) is 0 Å². The van der Waals surface area contributed by atoms with Gasteiger partial charge in [0.25, 0.3) is 0 Å². The summed E-state index contributed by atoms with van der Waals surface area (Å²) in [5.41, 5.74) is 0. The van der Waals surface area contributed by atoms with Gasteiger partial charge >= 0.3 is 0 Å². The molecule has 1 heterocycles. The largest absolute Gasteiger partial charge is 0.381 e. The second-order valence-corrected chi connectivity index (χ2v) is 3.83. The molecule has 0 aromatic carbocycles. The number of hydrogen-bond acceptors (Lipinski definition) is 1. The molecule has 0 saturated carbocycles. The van der Waals surface area contributed by atoms with Crippen LogP contribution in [0.2, 0.25) is 0 Å². The standard InChI is InChI=1S/C8H15ClO/c1-7(9)2-3-8-4-5-10-6-8/h7-8H,2-6H2,1H3. The monoisotopic (exact) mass is 162 g/mol. The zero-order valence-corrected chi connectivity index (χ0v) is 7.23. The normalized spacial score (nSPS) is 28.8. The highest BCUT2D eigenvalue weighted by molar-refractivity contribution is 6.20. The minimum absolute atomic E-state index is 0.334. The summed E-state index contributed by atoms with van der Waals surface area (Å²) in [4.78, 5) is 0. The van der Waals surface area contributed by atoms with Crippen LogP contribution in [0, 0.1) is 5.92 Å². The summed E-state index contributed by atoms with van der Waals surface area (Å²) in [5, 5.41) is 0.334. The fourth-order valence-corrected chi connectivity index (χ4v) is 1.40. The summed E-state index contributed by atoms with van der Waals surface area (Å²) >= 11 is 5.82. The average Bonchev–Trinajstić information content (AvgIpc) is 2.34. The molecule has 2 heteroatoms. The molecule has 2 unspecified atom stereocenters. The molecule has 1 nitrogen and oxygen atoms in total. The van der Waals surface area contributed by atoms with Gasteiger partial charge in [0.1, 0.15) is 0 Å². The summed E-state index contributed by atoms with van der Waals surface area (Å²) in [5.74, 6) is 0.793. The zero-order chi connectivity index (χ0) is 7.40. The van der Waals surface area contributed by atoms with E-state index in [2.05, 4.69) is 6.92 Å². The minimum atomic E-state index is 0.334. The smallest absolute Gasteiger partial charge is 0.0495 e. The third-order valence-corrected chi connectivity index (χ3v) is 2.21. The first-order valence-electron chi connectivity index (χ1n) is 4.01. The summed E-state index contributed by atoms with van der Waals surface area (Å²) in [7, 11) is 0. The van der Waals surface area contributed by atoms with Crippen LogP contribution >= 0.6 is 11.6 Å². The SMILES string of the molecule is CC(Cl)CCC1CCOC1. The highest BCUT2D eigenvalue weighted by Crippen LogP contribution is 2.19. The number of hydrogen-bond donors (Lipinski definition) is 0. The van der Waals surface area contributed by atoms with Crippen molar-refractivity contribution in [1.29, 1.82) is 0 Å². The van der Waals surface area contributed by atoms with Crippen LogP contribution in [0.5, 0.6) is 0 Å². The first kappa shape index (κ1) is 8.35. The van der Waals surface area contributed by atoms with Gasteiger partial charge in [-0.05, 0) is 32.1 Å². The van der Waals surface area contributed by atoms with E-state index in [-0.39, 0.29) is 0 Å². The van der Waals surface area contributed by atoms with E-state index in [0.717, 1.165) is 25.6 Å². The molecule has 1 aliphatic heterocycles. The van der Waals surface area contributed by atoms with Crippen LogP contribution < -0.4 is 0 Å². The van der Waals surface area contributed by atoms with E-state index in [0.29, 0.717) is 5.38 Å². The lowest BCUT2D eigenvalue weighted by atomic mass is 10.0. The summed E-state index contributed by atoms with van der Waals surface area (Å²) in [6.45, 7) is 3.97. The van der Waals surface area contributed by atoms with Crippen LogP contribution in [-0.2, 0) is 4.74 Å². The van der Waals surface area contributed by atoms with E-state index in [9.17, 15) is 0 Å². The van der Waals surface area contributed by atoms with Crippen molar-refractivity contribution in [2.24, 2.45) is 5.92 Å². The average molecular weight is 163 g/mol. The number of ether oxygens (including phenoxy) is 1. The van der Waals surface area contributed by atoms with Gasteiger partial charge in [0.05, 0.1) is 0 Å². The Hall–Kier alpha value is 0.250. The van der Waals surface area contributed by atoms with E-state index in [1.807, 2.05) is 0 Å². The molecule has 0 aromatic heterocycles. The number of rotatable bonds is 3. The Kier molecular flexibility index (Phi) is 3.50. The van der Waals surface area contributed by atoms with Crippen molar-refractivity contribution in [1.82, 2.24) is 0 Å². The molecule has 1 saturated heterocycles. The van der Waals surface area contributed by atoms with Crippen molar-refractivity contribution in [3.63, 3.8) is 0 Å². The maximum Gasteiger partial charge on any atom is 0.0495 e. The lowest BCUT2D eigenvalue weighted by molar-refractivity contribution is 0.184. The molecule has 0 aliphatic carbocycles. The van der Waals surface area contributed by atoms with E-state index in [1.54, 1.807) is 0 Å². The molecule has 60 valence electrons. The van der Waals surface area contributed by atoms with Crippen molar-refractivity contribution in [3.8, 4) is 0 Å². The van der Waals surface area contributed by atoms with Crippen LogP contribution in [-0.4, -0.2) is 18.6 Å². The number of halogens is 1. The van der Waals surface area contributed by atoms with Crippen molar-refractivity contribution in [2.45, 2.75) is 31.6 Å². The van der Waals surface area contributed by atoms with Crippen LogP contribution in [0.15, 0.2) is 0 Å². The van der Waals surface area contributed by atoms with Crippen LogP contribution in [0.25, 0.3) is 0 Å². The maximum atomic E-state index is 5.82. The highest BCUT2D eigenvalue weighted by atomic mass is 35.5. The Morgan fingerprint density at radius 2 is 2.50 bits per heavy atom. The molecule has 10 heavy (non-hydrogen) atoms. The van der Waals surface area contributed by atoms with Gasteiger partial charge in [-0.15, -0.1) is 11.6 Å². The van der Waals surface area contributed by atoms with Crippen LogP contribution in [0.3, 0.4) is 0 Å². The van der Waals surface area contributed by atoms with Gasteiger partial charge in [-0.2, -0.15) is 0 Å². The van der Waals surface area contributed by atoms with Gasteiger partial charge < -0.3 is 4.74 Å². The third-order valence-electron chi connectivity index (χ3n) is 2.00. The lowest BCUT2D eigenvalue weighted by Gasteiger charge is -2.07. The molecule has 1 fully saturated rings. The van der Waals surface area contributed by atoms with Crippen molar-refractivity contribution in [2.75, 3.05) is 13.2 Å². The predicted molar refractivity (Wildman–Crippen MR) is 43.5 cm³/mol. The van der Waals surface area contributed by atoms with Crippen LogP contribution in [0.4, 0.5) is 0 Å². The van der Waals surface area contributed by atoms with Gasteiger partial charge in [-0.1, -0.05) is 0 Å². The number of alkyl halides is 1. The van der Waals surface area contributed by atoms with E-state index >= 15 is 0 Å². The Bertz CT molecular complexity index is 87.3. The van der Waals surface area contributed by atoms with Gasteiger partial charge in [-0.25, -0.2) is 0 Å². The Balaban J connectivity index is 2.01. The fraction of sp³-hybridized carbons (Fsp3) is 1.00. The lowest BCUT2D eigenvalue weighted by Crippen LogP contribution is -2.02. The quantitative estimate of drug-likeness (QED) is 0.580. The molecule has 0 radical (unpaired) electrons. The first-order chi connectivity index (χ1) is 4.79. The molecule has 2 atom stereocenters. The second kappa shape index (κ2) is 4.20. The van der Waals surface area contributed by atoms with Gasteiger partial charge in [0, 0.05) is 18.6 Å². The third kappa shape index (κ3) is 2.89. The Labute approximate surface area is 67.7 Å². The maximum absolute atomic E-state index is 5.82. The second-order valence-electron chi connectivity index (χ2n) is 3.09. The van der Waals surface area contributed by atoms with Gasteiger partial charge in [0.2, 0.25) is 0 Å². The minimum Gasteiger partial charge on any atom is -0.381 e. The fourth-order valence-electron chi connectivity index (χ4n) is 1.28. The van der Waals surface area contributed by atoms with Crippen LogP contribution in [0.1, 0.15) is 26.2 Å². The first-order valence-corrected chi connectivity index (χ1v) is 4.44. The molecule has 1 rings (SSSR count). The molecule has 0 spiro atoms. The Morgan fingerprint density at radius 3 is 3.00 bits per heavy atom. The van der Waals surface area contributed by atoms with E-state index < -0.39 is 0 Å². The molecular formula is C8H15ClO. The highest BCUT2D eigenvalue weighted by Gasteiger charge is 2.15. The summed E-state index contributed by atoms with van der Waals surface area (Å²) < 4.78 is 5.25. The van der Waals surface area contributed by atoms with Crippen molar-refractivity contribution >= 4 is 11.6 Å². The topological polar surface area (TPSA) is 9.23 Å². The van der Waals surface area contributed by atoms with Gasteiger partial charge in [-0.3, -0.25) is 0 Å². The molecule has 1 aliphatic rings.